The molecule has 1 fully saturated rings. The molecule has 2 N–H and O–H groups in total. The van der Waals surface area contributed by atoms with Crippen LogP contribution in [-0.4, -0.2) is 71.3 Å². The summed E-state index contributed by atoms with van der Waals surface area (Å²) in [5.41, 5.74) is 0.183. The summed E-state index contributed by atoms with van der Waals surface area (Å²) in [7, 11) is -3.74. The van der Waals surface area contributed by atoms with Crippen molar-refractivity contribution in [1.82, 2.24) is 14.9 Å². The van der Waals surface area contributed by atoms with Crippen molar-refractivity contribution in [2.75, 3.05) is 46.1 Å². The maximum Gasteiger partial charge on any atom is 0.251 e. The lowest BCUT2D eigenvalue weighted by Gasteiger charge is -2.27. The van der Waals surface area contributed by atoms with Crippen LogP contribution in [0.3, 0.4) is 0 Å². The van der Waals surface area contributed by atoms with E-state index >= 15 is 0 Å². The molecule has 2 rings (SSSR count). The molecular weight excluding hydrogens is 361 g/mol. The fourth-order valence-corrected chi connectivity index (χ4v) is 3.98. The molecule has 1 aromatic rings. The first-order valence-corrected chi connectivity index (χ1v) is 10.2. The van der Waals surface area contributed by atoms with Gasteiger partial charge in [0.05, 0.1) is 18.1 Å². The van der Waals surface area contributed by atoms with Gasteiger partial charge < -0.3 is 10.1 Å². The lowest BCUT2D eigenvalue weighted by Crippen LogP contribution is -2.40. The second kappa shape index (κ2) is 9.96. The Morgan fingerprint density at radius 1 is 1.35 bits per heavy atom. The number of hydrogen-bond donors (Lipinski definition) is 2. The van der Waals surface area contributed by atoms with Crippen molar-refractivity contribution in [1.29, 1.82) is 0 Å². The van der Waals surface area contributed by atoms with E-state index in [0.29, 0.717) is 19.6 Å². The van der Waals surface area contributed by atoms with Crippen molar-refractivity contribution in [3.05, 3.63) is 29.8 Å². The van der Waals surface area contributed by atoms with Gasteiger partial charge in [-0.15, -0.1) is 0 Å². The molecule has 0 bridgehead atoms. The van der Waals surface area contributed by atoms with Gasteiger partial charge in [0.1, 0.15) is 6.67 Å². The summed E-state index contributed by atoms with van der Waals surface area (Å²) in [6, 6.07) is 5.48. The predicted octanol–water partition coefficient (Wildman–Crippen LogP) is 0.775. The van der Waals surface area contributed by atoms with Crippen LogP contribution in [0, 0.1) is 0 Å². The van der Waals surface area contributed by atoms with Crippen LogP contribution in [0.25, 0.3) is 0 Å². The lowest BCUT2D eigenvalue weighted by molar-refractivity contribution is 0.0366. The van der Waals surface area contributed by atoms with Crippen LogP contribution in [0.2, 0.25) is 0 Å². The summed E-state index contributed by atoms with van der Waals surface area (Å²) >= 11 is 0. The Bertz CT molecular complexity index is 693. The monoisotopic (exact) mass is 387 g/mol. The molecule has 7 nitrogen and oxygen atoms in total. The third kappa shape index (κ3) is 6.31. The average molecular weight is 387 g/mol. The van der Waals surface area contributed by atoms with Crippen LogP contribution < -0.4 is 10.0 Å². The van der Waals surface area contributed by atoms with Crippen molar-refractivity contribution in [3.63, 3.8) is 0 Å². The molecule has 0 aliphatic carbocycles. The molecule has 146 valence electrons. The predicted molar refractivity (Wildman–Crippen MR) is 96.4 cm³/mol. The van der Waals surface area contributed by atoms with E-state index < -0.39 is 22.6 Å². The molecule has 1 amide bonds. The zero-order valence-electron chi connectivity index (χ0n) is 14.9. The highest BCUT2D eigenvalue weighted by atomic mass is 32.2. The van der Waals surface area contributed by atoms with Crippen molar-refractivity contribution in [2.45, 2.75) is 24.3 Å². The van der Waals surface area contributed by atoms with Gasteiger partial charge in [0.2, 0.25) is 10.0 Å². The van der Waals surface area contributed by atoms with Gasteiger partial charge in [0, 0.05) is 31.2 Å². The number of nitrogens with one attached hydrogen (secondary N) is 2. The maximum absolute atomic E-state index is 12.5. The van der Waals surface area contributed by atoms with Crippen LogP contribution in [-0.2, 0) is 14.8 Å². The minimum atomic E-state index is -3.74. The number of halogens is 1. The number of ether oxygens (including phenoxy) is 1. The molecule has 1 aliphatic heterocycles. The van der Waals surface area contributed by atoms with Crippen LogP contribution in [0.5, 0.6) is 0 Å². The second-order valence-corrected chi connectivity index (χ2v) is 7.95. The fourth-order valence-electron chi connectivity index (χ4n) is 2.66. The van der Waals surface area contributed by atoms with E-state index in [9.17, 15) is 17.6 Å². The van der Waals surface area contributed by atoms with E-state index in [-0.39, 0.29) is 23.0 Å². The highest BCUT2D eigenvalue weighted by Gasteiger charge is 2.20. The Kier molecular flexibility index (Phi) is 7.95. The van der Waals surface area contributed by atoms with Gasteiger partial charge >= 0.3 is 0 Å². The Hall–Kier alpha value is -1.55. The van der Waals surface area contributed by atoms with Crippen LogP contribution in [0.4, 0.5) is 4.39 Å². The molecule has 1 aromatic carbocycles. The fraction of sp³-hybridized carbons (Fsp3) is 0.588. The number of rotatable bonds is 9. The van der Waals surface area contributed by atoms with Gasteiger partial charge in [-0.25, -0.2) is 17.5 Å². The van der Waals surface area contributed by atoms with Crippen LogP contribution in [0.15, 0.2) is 29.2 Å². The quantitative estimate of drug-likeness (QED) is 0.654. The molecule has 1 aliphatic rings. The summed E-state index contributed by atoms with van der Waals surface area (Å²) in [6.07, 6.45) is 0.676. The Balaban J connectivity index is 1.94. The zero-order chi connectivity index (χ0) is 19.0. The molecule has 1 atom stereocenters. The molecule has 0 radical (unpaired) electrons. The zero-order valence-corrected chi connectivity index (χ0v) is 15.7. The number of hydrogen-bond acceptors (Lipinski definition) is 5. The Morgan fingerprint density at radius 3 is 2.77 bits per heavy atom. The van der Waals surface area contributed by atoms with Crippen LogP contribution in [0.1, 0.15) is 23.7 Å². The van der Waals surface area contributed by atoms with Gasteiger partial charge in [0.25, 0.3) is 5.91 Å². The number of sulfonamides is 1. The standard InChI is InChI=1S/C17H26FN3O4S/c1-14(5-8-21-9-11-25-12-10-21)20-26(23,24)16-4-2-3-15(13-16)17(22)19-7-6-18/h2-4,13-14,20H,5-12H2,1H3,(H,19,22)/t14-/m1/s1. The van der Waals surface area contributed by atoms with Gasteiger partial charge in [-0.1, -0.05) is 6.07 Å². The minimum absolute atomic E-state index is 0.0172. The van der Waals surface area contributed by atoms with Crippen molar-refractivity contribution in [2.24, 2.45) is 0 Å². The molecule has 0 aromatic heterocycles. The van der Waals surface area contributed by atoms with Gasteiger partial charge in [-0.2, -0.15) is 0 Å². The Labute approximate surface area is 154 Å². The van der Waals surface area contributed by atoms with E-state index in [1.54, 1.807) is 0 Å². The smallest absolute Gasteiger partial charge is 0.251 e. The van der Waals surface area contributed by atoms with Gasteiger partial charge in [-0.05, 0) is 38.1 Å². The van der Waals surface area contributed by atoms with Gasteiger partial charge in [0.15, 0.2) is 0 Å². The second-order valence-electron chi connectivity index (χ2n) is 6.24. The number of nitrogens with zero attached hydrogens (tertiary/aromatic N) is 1. The first-order chi connectivity index (χ1) is 12.4. The summed E-state index contributed by atoms with van der Waals surface area (Å²) in [4.78, 5) is 14.1. The van der Waals surface area contributed by atoms with Crippen molar-refractivity contribution in [3.8, 4) is 0 Å². The molecular formula is C17H26FN3O4S. The normalized spacial score (nSPS) is 17.0. The summed E-state index contributed by atoms with van der Waals surface area (Å²) in [5.74, 6) is -0.500. The first-order valence-electron chi connectivity index (χ1n) is 8.69. The largest absolute Gasteiger partial charge is 0.379 e. The topological polar surface area (TPSA) is 87.7 Å². The van der Waals surface area contributed by atoms with E-state index in [0.717, 1.165) is 19.6 Å². The highest BCUT2D eigenvalue weighted by Crippen LogP contribution is 2.13. The van der Waals surface area contributed by atoms with E-state index in [1.165, 1.54) is 24.3 Å². The van der Waals surface area contributed by atoms with E-state index in [2.05, 4.69) is 14.9 Å². The van der Waals surface area contributed by atoms with Crippen molar-refractivity contribution >= 4 is 15.9 Å². The SMILES string of the molecule is C[C@H](CCN1CCOCC1)NS(=O)(=O)c1cccc(C(=O)NCCF)c1. The number of morpholine rings is 1. The molecule has 26 heavy (non-hydrogen) atoms. The van der Waals surface area contributed by atoms with E-state index in [4.69, 9.17) is 4.74 Å². The molecule has 0 unspecified atom stereocenters. The molecule has 9 heteroatoms. The van der Waals surface area contributed by atoms with Gasteiger partial charge in [-0.3, -0.25) is 9.69 Å². The number of carbonyl (C=O) groups excluding carboxylic acids is 1. The molecule has 1 saturated heterocycles. The van der Waals surface area contributed by atoms with E-state index in [1.807, 2.05) is 6.92 Å². The Morgan fingerprint density at radius 2 is 2.08 bits per heavy atom. The molecule has 0 saturated carbocycles. The minimum Gasteiger partial charge on any atom is -0.379 e. The average Bonchev–Trinajstić information content (AvgIpc) is 2.65. The molecule has 1 heterocycles. The number of benzene rings is 1. The third-order valence-corrected chi connectivity index (χ3v) is 5.71. The number of carbonyl (C=O) groups is 1. The number of amides is 1. The maximum atomic E-state index is 12.5. The highest BCUT2D eigenvalue weighted by molar-refractivity contribution is 7.89. The molecule has 0 spiro atoms. The first kappa shape index (κ1) is 20.8. The summed E-state index contributed by atoms with van der Waals surface area (Å²) < 4.78 is 45.2. The summed E-state index contributed by atoms with van der Waals surface area (Å²) in [5, 5.41) is 2.38. The van der Waals surface area contributed by atoms with Crippen LogP contribution >= 0.6 is 0 Å². The van der Waals surface area contributed by atoms with Crippen molar-refractivity contribution < 1.29 is 22.3 Å². The third-order valence-electron chi connectivity index (χ3n) is 4.12. The lowest BCUT2D eigenvalue weighted by atomic mass is 10.2. The number of alkyl halides is 1. The summed E-state index contributed by atoms with van der Waals surface area (Å²) in [6.45, 7) is 4.95.